The number of ketones is 1. The molecule has 4 fully saturated rings. The predicted octanol–water partition coefficient (Wildman–Crippen LogP) is 3.82. The monoisotopic (exact) mass is 374 g/mol. The third kappa shape index (κ3) is 3.26. The summed E-state index contributed by atoms with van der Waals surface area (Å²) in [4.78, 5) is 23.0. The molecule has 4 aliphatic rings. The van der Waals surface area contributed by atoms with E-state index in [-0.39, 0.29) is 5.91 Å². The maximum absolute atomic E-state index is 12.0. The average molecular weight is 375 g/mol. The van der Waals surface area contributed by atoms with Crippen LogP contribution in [0.4, 0.5) is 0 Å². The molecule has 4 saturated carbocycles. The molecule has 0 saturated heterocycles. The number of nitrogens with one attached hydrogen (secondary N) is 1. The number of rotatable bonds is 5. The molecule has 0 aliphatic heterocycles. The van der Waals surface area contributed by atoms with Gasteiger partial charge in [-0.15, -0.1) is 0 Å². The number of amides is 1. The molecule has 3 N–H and O–H groups in total. The van der Waals surface area contributed by atoms with Crippen LogP contribution in [-0.4, -0.2) is 24.3 Å². The first-order valence-corrected chi connectivity index (χ1v) is 11.4. The molecule has 0 bridgehead atoms. The van der Waals surface area contributed by atoms with Gasteiger partial charge >= 0.3 is 0 Å². The second kappa shape index (κ2) is 7.17. The van der Waals surface area contributed by atoms with Crippen LogP contribution in [0.25, 0.3) is 0 Å². The van der Waals surface area contributed by atoms with Crippen molar-refractivity contribution in [2.24, 2.45) is 40.2 Å². The summed E-state index contributed by atoms with van der Waals surface area (Å²) in [5.41, 5.74) is 6.09. The number of fused-ring (bicyclic) bond motifs is 5. The lowest BCUT2D eigenvalue weighted by molar-refractivity contribution is -0.138. The number of primary amides is 1. The number of Topliss-reactive ketones (excluding diaryl/α,β-unsaturated/α-hetero) is 1. The van der Waals surface area contributed by atoms with E-state index < -0.39 is 0 Å². The van der Waals surface area contributed by atoms with E-state index in [9.17, 15) is 9.59 Å². The zero-order chi connectivity index (χ0) is 19.2. The Morgan fingerprint density at radius 3 is 2.63 bits per heavy atom. The van der Waals surface area contributed by atoms with Gasteiger partial charge in [-0.2, -0.15) is 0 Å². The van der Waals surface area contributed by atoms with Crippen molar-refractivity contribution in [2.45, 2.75) is 90.5 Å². The van der Waals surface area contributed by atoms with Crippen molar-refractivity contribution in [2.75, 3.05) is 6.54 Å². The van der Waals surface area contributed by atoms with Gasteiger partial charge in [-0.25, -0.2) is 0 Å². The highest BCUT2D eigenvalue weighted by atomic mass is 16.1. The molecule has 0 aromatic carbocycles. The number of carbonyl (C=O) groups is 2. The maximum atomic E-state index is 12.0. The Bertz CT molecular complexity index is 605. The highest BCUT2D eigenvalue weighted by Gasteiger charge is 2.60. The zero-order valence-corrected chi connectivity index (χ0v) is 17.3. The number of hydrogen-bond acceptors (Lipinski definition) is 3. The van der Waals surface area contributed by atoms with Crippen LogP contribution in [0.5, 0.6) is 0 Å². The first-order chi connectivity index (χ1) is 12.8. The summed E-state index contributed by atoms with van der Waals surface area (Å²) in [6, 6.07) is 0.592. The Labute approximate surface area is 164 Å². The summed E-state index contributed by atoms with van der Waals surface area (Å²) < 4.78 is 0. The SMILES string of the molecule is C[C@]12CC[C@H]3[C@@H](CCC4CC(=O)CC[C@@]43C)[C@@H]1CC[C@@H]2NCCCC(N)=O. The quantitative estimate of drug-likeness (QED) is 0.719. The number of carbonyl (C=O) groups excluding carboxylic acids is 2. The molecule has 1 unspecified atom stereocenters. The minimum atomic E-state index is -0.191. The van der Waals surface area contributed by atoms with E-state index in [1.807, 2.05) is 0 Å². The molecule has 0 spiro atoms. The van der Waals surface area contributed by atoms with Gasteiger partial charge in [-0.05, 0) is 92.4 Å². The molecular weight excluding hydrogens is 336 g/mol. The number of nitrogens with two attached hydrogens (primary N) is 1. The Kier molecular flexibility index (Phi) is 5.15. The Balaban J connectivity index is 1.44. The summed E-state index contributed by atoms with van der Waals surface area (Å²) >= 11 is 0. The lowest BCUT2D eigenvalue weighted by Crippen LogP contribution is -2.55. The fourth-order valence-electron chi connectivity index (χ4n) is 7.92. The van der Waals surface area contributed by atoms with Crippen LogP contribution in [0.3, 0.4) is 0 Å². The molecule has 7 atom stereocenters. The molecule has 4 aliphatic carbocycles. The highest BCUT2D eigenvalue weighted by Crippen LogP contribution is 2.65. The maximum Gasteiger partial charge on any atom is 0.217 e. The average Bonchev–Trinajstić information content (AvgIpc) is 2.96. The molecule has 0 aromatic rings. The van der Waals surface area contributed by atoms with Crippen molar-refractivity contribution in [3.05, 3.63) is 0 Å². The largest absolute Gasteiger partial charge is 0.370 e. The zero-order valence-electron chi connectivity index (χ0n) is 17.3. The number of hydrogen-bond donors (Lipinski definition) is 2. The standard InChI is InChI=1S/C23H38N2O2/c1-22-11-9-16(26)14-15(22)5-6-17-18-7-8-20(25-13-3-4-21(24)27)23(18,2)12-10-19(17)22/h15,17-20,25H,3-14H2,1-2H3,(H2,24,27)/t15?,17-,18-,19-,20-,22-,23-/m0/s1. The van der Waals surface area contributed by atoms with E-state index in [4.69, 9.17) is 5.73 Å². The van der Waals surface area contributed by atoms with Crippen molar-refractivity contribution in [1.82, 2.24) is 5.32 Å². The second-order valence-electron chi connectivity index (χ2n) is 10.6. The van der Waals surface area contributed by atoms with Gasteiger partial charge in [0.15, 0.2) is 0 Å². The molecule has 4 nitrogen and oxygen atoms in total. The summed E-state index contributed by atoms with van der Waals surface area (Å²) in [5.74, 6) is 3.49. The van der Waals surface area contributed by atoms with Crippen molar-refractivity contribution in [3.63, 3.8) is 0 Å². The lowest BCUT2D eigenvalue weighted by atomic mass is 9.45. The third-order valence-corrected chi connectivity index (χ3v) is 9.47. The highest BCUT2D eigenvalue weighted by molar-refractivity contribution is 5.79. The topological polar surface area (TPSA) is 72.2 Å². The molecule has 1 amide bonds. The van der Waals surface area contributed by atoms with Crippen LogP contribution in [0.15, 0.2) is 0 Å². The van der Waals surface area contributed by atoms with E-state index in [0.29, 0.717) is 35.0 Å². The summed E-state index contributed by atoms with van der Waals surface area (Å²) in [6.07, 6.45) is 12.1. The molecule has 4 rings (SSSR count). The van der Waals surface area contributed by atoms with Gasteiger partial charge in [0.1, 0.15) is 5.78 Å². The van der Waals surface area contributed by atoms with Gasteiger partial charge in [-0.1, -0.05) is 13.8 Å². The second-order valence-corrected chi connectivity index (χ2v) is 10.6. The van der Waals surface area contributed by atoms with Gasteiger partial charge < -0.3 is 11.1 Å². The van der Waals surface area contributed by atoms with Gasteiger partial charge in [0.25, 0.3) is 0 Å². The Morgan fingerprint density at radius 2 is 1.85 bits per heavy atom. The van der Waals surface area contributed by atoms with Crippen LogP contribution in [-0.2, 0) is 9.59 Å². The van der Waals surface area contributed by atoms with Gasteiger partial charge in [0, 0.05) is 25.3 Å². The summed E-state index contributed by atoms with van der Waals surface area (Å²) in [5, 5.41) is 3.79. The first kappa shape index (κ1) is 19.4. The molecule has 0 heterocycles. The van der Waals surface area contributed by atoms with Crippen LogP contribution in [0, 0.1) is 34.5 Å². The van der Waals surface area contributed by atoms with E-state index >= 15 is 0 Å². The van der Waals surface area contributed by atoms with Gasteiger partial charge in [0.2, 0.25) is 5.91 Å². The van der Waals surface area contributed by atoms with E-state index in [2.05, 4.69) is 19.2 Å². The first-order valence-electron chi connectivity index (χ1n) is 11.4. The minimum Gasteiger partial charge on any atom is -0.370 e. The fourth-order valence-corrected chi connectivity index (χ4v) is 7.92. The molecule has 0 aromatic heterocycles. The van der Waals surface area contributed by atoms with E-state index in [0.717, 1.165) is 50.0 Å². The van der Waals surface area contributed by atoms with E-state index in [1.54, 1.807) is 0 Å². The van der Waals surface area contributed by atoms with Crippen molar-refractivity contribution >= 4 is 11.7 Å². The molecule has 152 valence electrons. The van der Waals surface area contributed by atoms with Crippen molar-refractivity contribution < 1.29 is 9.59 Å². The molecule has 27 heavy (non-hydrogen) atoms. The van der Waals surface area contributed by atoms with Crippen LogP contribution >= 0.6 is 0 Å². The van der Waals surface area contributed by atoms with Crippen molar-refractivity contribution in [3.8, 4) is 0 Å². The van der Waals surface area contributed by atoms with Crippen LogP contribution < -0.4 is 11.1 Å². The van der Waals surface area contributed by atoms with Crippen LogP contribution in [0.1, 0.15) is 84.5 Å². The normalized spacial score (nSPS) is 46.4. The molecule has 4 heteroatoms. The van der Waals surface area contributed by atoms with Gasteiger partial charge in [0.05, 0.1) is 0 Å². The van der Waals surface area contributed by atoms with Crippen molar-refractivity contribution in [1.29, 1.82) is 0 Å². The van der Waals surface area contributed by atoms with E-state index in [1.165, 1.54) is 38.5 Å². The third-order valence-electron chi connectivity index (χ3n) is 9.47. The minimum absolute atomic E-state index is 0.191. The molecule has 0 radical (unpaired) electrons. The predicted molar refractivity (Wildman–Crippen MR) is 107 cm³/mol. The fraction of sp³-hybridized carbons (Fsp3) is 0.913. The Morgan fingerprint density at radius 1 is 1.07 bits per heavy atom. The van der Waals surface area contributed by atoms with Crippen LogP contribution in [0.2, 0.25) is 0 Å². The molecular formula is C23H38N2O2. The Hall–Kier alpha value is -0.900. The lowest BCUT2D eigenvalue weighted by Gasteiger charge is -2.60. The summed E-state index contributed by atoms with van der Waals surface area (Å²) in [6.45, 7) is 5.97. The smallest absolute Gasteiger partial charge is 0.217 e. The summed E-state index contributed by atoms with van der Waals surface area (Å²) in [7, 11) is 0. The van der Waals surface area contributed by atoms with Gasteiger partial charge in [-0.3, -0.25) is 9.59 Å².